The number of hydrogen-bond donors (Lipinski definition) is 2. The van der Waals surface area contributed by atoms with E-state index in [1.165, 1.54) is 19.3 Å². The van der Waals surface area contributed by atoms with E-state index in [1.807, 2.05) is 0 Å². The van der Waals surface area contributed by atoms with Gasteiger partial charge in [-0.05, 0) is 69.6 Å². The van der Waals surface area contributed by atoms with E-state index in [9.17, 15) is 14.4 Å². The van der Waals surface area contributed by atoms with Crippen molar-refractivity contribution in [3.8, 4) is 0 Å². The van der Waals surface area contributed by atoms with Gasteiger partial charge in [-0.15, -0.1) is 0 Å². The molecule has 0 spiro atoms. The molecule has 0 aromatic carbocycles. The summed E-state index contributed by atoms with van der Waals surface area (Å²) in [6, 6.07) is -0.427. The zero-order valence-electron chi connectivity index (χ0n) is 17.4. The van der Waals surface area contributed by atoms with Crippen molar-refractivity contribution in [2.45, 2.75) is 95.6 Å². The van der Waals surface area contributed by atoms with Crippen LogP contribution in [0.4, 0.5) is 4.79 Å². The van der Waals surface area contributed by atoms with E-state index in [-0.39, 0.29) is 23.9 Å². The summed E-state index contributed by atoms with van der Waals surface area (Å²) < 4.78 is 0. The maximum Gasteiger partial charge on any atom is 0.325 e. The van der Waals surface area contributed by atoms with Crippen LogP contribution in [0, 0.1) is 17.8 Å². The smallest absolute Gasteiger partial charge is 0.325 e. The lowest BCUT2D eigenvalue weighted by Gasteiger charge is -2.56. The number of carbonyl (C=O) groups is 3. The Labute approximate surface area is 168 Å². The highest BCUT2D eigenvalue weighted by Crippen LogP contribution is 2.55. The number of rotatable bonds is 8. The van der Waals surface area contributed by atoms with Gasteiger partial charge in [0, 0.05) is 5.54 Å². The van der Waals surface area contributed by atoms with Crippen molar-refractivity contribution >= 4 is 17.8 Å². The fourth-order valence-electron chi connectivity index (χ4n) is 6.71. The molecule has 4 amide bonds. The minimum Gasteiger partial charge on any atom is -0.349 e. The molecule has 5 fully saturated rings. The molecular formula is C22H35N3O3. The third-order valence-corrected chi connectivity index (χ3v) is 7.62. The van der Waals surface area contributed by atoms with Gasteiger partial charge in [0.05, 0.1) is 0 Å². The maximum absolute atomic E-state index is 12.9. The van der Waals surface area contributed by atoms with Crippen molar-refractivity contribution in [3.05, 3.63) is 0 Å². The van der Waals surface area contributed by atoms with E-state index < -0.39 is 11.6 Å². The van der Waals surface area contributed by atoms with Crippen LogP contribution in [0.1, 0.15) is 84.5 Å². The molecule has 0 aromatic rings. The van der Waals surface area contributed by atoms with Crippen molar-refractivity contribution in [3.63, 3.8) is 0 Å². The van der Waals surface area contributed by atoms with Crippen LogP contribution in [0.3, 0.4) is 0 Å². The van der Waals surface area contributed by atoms with Crippen molar-refractivity contribution in [1.29, 1.82) is 0 Å². The quantitative estimate of drug-likeness (QED) is 0.494. The molecule has 5 rings (SSSR count). The number of imide groups is 1. The van der Waals surface area contributed by atoms with Crippen LogP contribution in [-0.2, 0) is 9.59 Å². The molecule has 4 aliphatic carbocycles. The maximum atomic E-state index is 12.9. The molecule has 4 saturated carbocycles. The lowest BCUT2D eigenvalue weighted by Crippen LogP contribution is -2.61. The molecule has 1 unspecified atom stereocenters. The van der Waals surface area contributed by atoms with Gasteiger partial charge < -0.3 is 10.6 Å². The van der Waals surface area contributed by atoms with Crippen LogP contribution in [0.25, 0.3) is 0 Å². The number of amides is 4. The SMILES string of the molecule is CCCCCCC1(C)NC(=O)N(CC(=O)NC23CC4CC(CC(C4)C2)C3)C1=O. The number of nitrogens with zero attached hydrogens (tertiary/aromatic N) is 1. The van der Waals surface area contributed by atoms with Crippen molar-refractivity contribution in [2.75, 3.05) is 6.54 Å². The minimum absolute atomic E-state index is 0.0888. The van der Waals surface area contributed by atoms with E-state index in [0.29, 0.717) is 6.42 Å². The van der Waals surface area contributed by atoms with Crippen molar-refractivity contribution < 1.29 is 14.4 Å². The van der Waals surface area contributed by atoms with E-state index in [0.717, 1.165) is 67.6 Å². The summed E-state index contributed by atoms with van der Waals surface area (Å²) in [5.41, 5.74) is -0.958. The standard InChI is InChI=1S/C22H35N3O3/c1-3-4-5-6-7-21(2)19(27)25(20(28)24-21)14-18(26)23-22-11-15-8-16(12-22)10-17(9-15)13-22/h15-17H,3-14H2,1-2H3,(H,23,26)(H,24,28). The Morgan fingerprint density at radius 1 is 1.07 bits per heavy atom. The molecule has 0 radical (unpaired) electrons. The van der Waals surface area contributed by atoms with Gasteiger partial charge in [0.15, 0.2) is 0 Å². The van der Waals surface area contributed by atoms with E-state index in [4.69, 9.17) is 0 Å². The van der Waals surface area contributed by atoms with E-state index in [1.54, 1.807) is 6.92 Å². The minimum atomic E-state index is -0.869. The summed E-state index contributed by atoms with van der Waals surface area (Å²) in [4.78, 5) is 39.2. The molecule has 0 aromatic heterocycles. The number of hydrogen-bond acceptors (Lipinski definition) is 3. The summed E-state index contributed by atoms with van der Waals surface area (Å²) in [7, 11) is 0. The Kier molecular flexibility index (Phi) is 5.17. The topological polar surface area (TPSA) is 78.5 Å². The summed E-state index contributed by atoms with van der Waals surface area (Å²) in [5.74, 6) is 1.80. The van der Waals surface area contributed by atoms with Gasteiger partial charge in [0.2, 0.25) is 5.91 Å². The molecule has 1 aliphatic heterocycles. The lowest BCUT2D eigenvalue weighted by atomic mass is 9.53. The first-order valence-corrected chi connectivity index (χ1v) is 11.3. The highest BCUT2D eigenvalue weighted by Gasteiger charge is 2.52. The molecule has 4 bridgehead atoms. The predicted molar refractivity (Wildman–Crippen MR) is 106 cm³/mol. The Morgan fingerprint density at radius 3 is 2.25 bits per heavy atom. The van der Waals surface area contributed by atoms with Crippen LogP contribution >= 0.6 is 0 Å². The zero-order valence-corrected chi connectivity index (χ0v) is 17.4. The van der Waals surface area contributed by atoms with Crippen LogP contribution in [0.15, 0.2) is 0 Å². The van der Waals surface area contributed by atoms with Crippen LogP contribution in [-0.4, -0.2) is 40.4 Å². The van der Waals surface area contributed by atoms with Crippen LogP contribution < -0.4 is 10.6 Å². The Balaban J connectivity index is 1.34. The van der Waals surface area contributed by atoms with Gasteiger partial charge in [-0.2, -0.15) is 0 Å². The van der Waals surface area contributed by atoms with Crippen molar-refractivity contribution in [1.82, 2.24) is 15.5 Å². The summed E-state index contributed by atoms with van der Waals surface area (Å²) in [5, 5.41) is 6.10. The molecular weight excluding hydrogens is 354 g/mol. The summed E-state index contributed by atoms with van der Waals surface area (Å²) in [6.07, 6.45) is 12.0. The number of urea groups is 1. The van der Waals surface area contributed by atoms with Gasteiger partial charge in [-0.25, -0.2) is 4.79 Å². The predicted octanol–water partition coefficient (Wildman–Crippen LogP) is 3.35. The second-order valence-corrected chi connectivity index (χ2v) is 10.2. The second-order valence-electron chi connectivity index (χ2n) is 10.2. The number of unbranched alkanes of at least 4 members (excludes halogenated alkanes) is 3. The molecule has 1 atom stereocenters. The molecule has 156 valence electrons. The Bertz CT molecular complexity index is 626. The third kappa shape index (κ3) is 3.67. The molecule has 1 heterocycles. The van der Waals surface area contributed by atoms with Gasteiger partial charge in [-0.3, -0.25) is 14.5 Å². The first kappa shape index (κ1) is 19.7. The highest BCUT2D eigenvalue weighted by molar-refractivity contribution is 6.08. The summed E-state index contributed by atoms with van der Waals surface area (Å²) in [6.45, 7) is 3.78. The van der Waals surface area contributed by atoms with E-state index in [2.05, 4.69) is 17.6 Å². The molecule has 5 aliphatic rings. The van der Waals surface area contributed by atoms with Crippen molar-refractivity contribution in [2.24, 2.45) is 17.8 Å². The normalized spacial score (nSPS) is 38.8. The molecule has 2 N–H and O–H groups in total. The molecule has 6 heteroatoms. The van der Waals surface area contributed by atoms with Crippen LogP contribution in [0.2, 0.25) is 0 Å². The summed E-state index contributed by atoms with van der Waals surface area (Å²) >= 11 is 0. The molecule has 1 saturated heterocycles. The first-order chi connectivity index (χ1) is 13.3. The van der Waals surface area contributed by atoms with Crippen LogP contribution in [0.5, 0.6) is 0 Å². The van der Waals surface area contributed by atoms with Gasteiger partial charge in [0.1, 0.15) is 12.1 Å². The van der Waals surface area contributed by atoms with Gasteiger partial charge in [-0.1, -0.05) is 32.6 Å². The molecule has 28 heavy (non-hydrogen) atoms. The average Bonchev–Trinajstić information content (AvgIpc) is 2.80. The largest absolute Gasteiger partial charge is 0.349 e. The van der Waals surface area contributed by atoms with E-state index >= 15 is 0 Å². The Morgan fingerprint density at radius 2 is 1.68 bits per heavy atom. The zero-order chi connectivity index (χ0) is 19.9. The molecule has 6 nitrogen and oxygen atoms in total. The highest BCUT2D eigenvalue weighted by atomic mass is 16.2. The third-order valence-electron chi connectivity index (χ3n) is 7.62. The lowest BCUT2D eigenvalue weighted by molar-refractivity contribution is -0.136. The number of nitrogens with one attached hydrogen (secondary N) is 2. The fraction of sp³-hybridized carbons (Fsp3) is 0.864. The van der Waals surface area contributed by atoms with Gasteiger partial charge >= 0.3 is 6.03 Å². The Hall–Kier alpha value is -1.59. The van der Waals surface area contributed by atoms with Gasteiger partial charge in [0.25, 0.3) is 5.91 Å². The first-order valence-electron chi connectivity index (χ1n) is 11.3. The second kappa shape index (κ2) is 7.34. The monoisotopic (exact) mass is 389 g/mol. The average molecular weight is 390 g/mol. The number of carbonyl (C=O) groups excluding carboxylic acids is 3. The fourth-order valence-corrected chi connectivity index (χ4v) is 6.71.